The summed E-state index contributed by atoms with van der Waals surface area (Å²) in [6, 6.07) is 4.87. The van der Waals surface area contributed by atoms with Crippen LogP contribution in [0.3, 0.4) is 0 Å². The molecule has 0 aliphatic heterocycles. The van der Waals surface area contributed by atoms with Crippen LogP contribution in [0.2, 0.25) is 0 Å². The summed E-state index contributed by atoms with van der Waals surface area (Å²) in [5, 5.41) is 17.4. The normalized spacial score (nSPS) is 9.33. The summed E-state index contributed by atoms with van der Waals surface area (Å²) in [5.74, 6) is -1.05. The smallest absolute Gasteiger partial charge is 0.307 e. The number of benzene rings is 1. The summed E-state index contributed by atoms with van der Waals surface area (Å²) < 4.78 is 0.519. The van der Waals surface area contributed by atoms with E-state index in [-0.39, 0.29) is 17.5 Å². The van der Waals surface area contributed by atoms with E-state index < -0.39 is 5.97 Å². The zero-order valence-electron chi connectivity index (χ0n) is 7.53. The Morgan fingerprint density at radius 2 is 2.27 bits per heavy atom. The van der Waals surface area contributed by atoms with Crippen molar-refractivity contribution in [3.05, 3.63) is 33.3 Å². The Kier molecular flexibility index (Phi) is 3.58. The van der Waals surface area contributed by atoms with Gasteiger partial charge in [-0.05, 0) is 17.7 Å². The number of rotatable bonds is 3. The van der Waals surface area contributed by atoms with Gasteiger partial charge in [0.25, 0.3) is 0 Å². The molecule has 0 unspecified atom stereocenters. The molecule has 0 atom stereocenters. The first-order chi connectivity index (χ1) is 7.10. The number of aliphatic carboxylic acids is 1. The molecular formula is C10H6BrNO3. The first-order valence-electron chi connectivity index (χ1n) is 3.98. The maximum Gasteiger partial charge on any atom is 0.307 e. The molecule has 0 fully saturated rings. The van der Waals surface area contributed by atoms with Crippen molar-refractivity contribution in [3.63, 3.8) is 0 Å². The average molecular weight is 268 g/mol. The fourth-order valence-electron chi connectivity index (χ4n) is 1.20. The van der Waals surface area contributed by atoms with E-state index in [1.165, 1.54) is 6.07 Å². The van der Waals surface area contributed by atoms with Gasteiger partial charge in [-0.1, -0.05) is 15.9 Å². The molecule has 76 valence electrons. The van der Waals surface area contributed by atoms with Gasteiger partial charge in [-0.25, -0.2) is 0 Å². The van der Waals surface area contributed by atoms with Crippen molar-refractivity contribution < 1.29 is 14.7 Å². The van der Waals surface area contributed by atoms with Crippen molar-refractivity contribution in [3.8, 4) is 6.07 Å². The highest BCUT2D eigenvalue weighted by atomic mass is 79.9. The van der Waals surface area contributed by atoms with Gasteiger partial charge in [0.05, 0.1) is 18.1 Å². The van der Waals surface area contributed by atoms with Crippen molar-refractivity contribution >= 4 is 28.2 Å². The molecule has 1 rings (SSSR count). The van der Waals surface area contributed by atoms with Gasteiger partial charge in [0, 0.05) is 10.0 Å². The molecule has 0 radical (unpaired) electrons. The van der Waals surface area contributed by atoms with E-state index in [1.807, 2.05) is 6.07 Å². The summed E-state index contributed by atoms with van der Waals surface area (Å²) >= 11 is 3.15. The first-order valence-corrected chi connectivity index (χ1v) is 4.78. The zero-order valence-corrected chi connectivity index (χ0v) is 9.11. The first kappa shape index (κ1) is 11.4. The third kappa shape index (κ3) is 2.42. The second-order valence-electron chi connectivity index (χ2n) is 2.79. The van der Waals surface area contributed by atoms with Crippen LogP contribution in [0.25, 0.3) is 0 Å². The molecule has 15 heavy (non-hydrogen) atoms. The zero-order chi connectivity index (χ0) is 11.4. The quantitative estimate of drug-likeness (QED) is 0.847. The largest absolute Gasteiger partial charge is 0.481 e. The molecule has 1 aromatic rings. The fraction of sp³-hybridized carbons (Fsp3) is 0.100. The molecule has 0 aliphatic rings. The average Bonchev–Trinajstić information content (AvgIpc) is 2.20. The molecular weight excluding hydrogens is 262 g/mol. The van der Waals surface area contributed by atoms with Crippen molar-refractivity contribution in [1.82, 2.24) is 0 Å². The van der Waals surface area contributed by atoms with Crippen LogP contribution in [0.1, 0.15) is 21.5 Å². The van der Waals surface area contributed by atoms with E-state index in [1.54, 1.807) is 6.07 Å². The highest BCUT2D eigenvalue weighted by molar-refractivity contribution is 9.10. The summed E-state index contributed by atoms with van der Waals surface area (Å²) in [7, 11) is 0. The molecule has 0 heterocycles. The minimum atomic E-state index is -1.05. The van der Waals surface area contributed by atoms with Gasteiger partial charge >= 0.3 is 5.97 Å². The Morgan fingerprint density at radius 1 is 1.60 bits per heavy atom. The third-order valence-corrected chi connectivity index (χ3v) is 2.61. The van der Waals surface area contributed by atoms with E-state index in [4.69, 9.17) is 10.4 Å². The Balaban J connectivity index is 3.39. The highest BCUT2D eigenvalue weighted by Gasteiger charge is 2.14. The van der Waals surface area contributed by atoms with Crippen LogP contribution in [0.15, 0.2) is 16.6 Å². The Bertz CT molecular complexity index is 462. The lowest BCUT2D eigenvalue weighted by molar-refractivity contribution is -0.136. The molecule has 1 aromatic carbocycles. The van der Waals surface area contributed by atoms with E-state index in [0.717, 1.165) is 0 Å². The number of carbonyl (C=O) groups is 2. The highest BCUT2D eigenvalue weighted by Crippen LogP contribution is 2.23. The lowest BCUT2D eigenvalue weighted by atomic mass is 10.0. The standard InChI is InChI=1S/C10H6BrNO3/c11-9-2-1-6(4-12)8(5-13)7(9)3-10(14)15/h1-2,5H,3H2,(H,14,15). The van der Waals surface area contributed by atoms with Crippen molar-refractivity contribution in [1.29, 1.82) is 5.26 Å². The minimum Gasteiger partial charge on any atom is -0.481 e. The second-order valence-corrected chi connectivity index (χ2v) is 3.64. The number of carboxylic acids is 1. The third-order valence-electron chi connectivity index (χ3n) is 1.87. The molecule has 5 heteroatoms. The maximum atomic E-state index is 10.8. The summed E-state index contributed by atoms with van der Waals surface area (Å²) in [6.45, 7) is 0. The molecule has 0 saturated heterocycles. The van der Waals surface area contributed by atoms with E-state index >= 15 is 0 Å². The van der Waals surface area contributed by atoms with Gasteiger partial charge in [-0.15, -0.1) is 0 Å². The topological polar surface area (TPSA) is 78.2 Å². The summed E-state index contributed by atoms with van der Waals surface area (Å²) in [5.41, 5.74) is 0.648. The Labute approximate surface area is 94.3 Å². The van der Waals surface area contributed by atoms with Gasteiger partial charge in [0.15, 0.2) is 6.29 Å². The van der Waals surface area contributed by atoms with E-state index in [2.05, 4.69) is 15.9 Å². The van der Waals surface area contributed by atoms with Gasteiger partial charge < -0.3 is 5.11 Å². The molecule has 0 saturated carbocycles. The number of nitrogens with zero attached hydrogens (tertiary/aromatic N) is 1. The number of nitriles is 1. The number of hydrogen-bond donors (Lipinski definition) is 1. The predicted molar refractivity (Wildman–Crippen MR) is 55.6 cm³/mol. The molecule has 0 aromatic heterocycles. The molecule has 0 amide bonds. The molecule has 0 aliphatic carbocycles. The van der Waals surface area contributed by atoms with Gasteiger partial charge in [0.2, 0.25) is 0 Å². The lowest BCUT2D eigenvalue weighted by Gasteiger charge is -2.06. The Morgan fingerprint density at radius 3 is 2.73 bits per heavy atom. The minimum absolute atomic E-state index is 0.134. The number of hydrogen-bond acceptors (Lipinski definition) is 3. The van der Waals surface area contributed by atoms with Crippen LogP contribution in [0.4, 0.5) is 0 Å². The van der Waals surface area contributed by atoms with Crippen LogP contribution >= 0.6 is 15.9 Å². The number of carboxylic acid groups (broad SMARTS) is 1. The molecule has 0 bridgehead atoms. The fourth-order valence-corrected chi connectivity index (χ4v) is 1.69. The predicted octanol–water partition coefficient (Wildman–Crippen LogP) is 1.76. The molecule has 4 nitrogen and oxygen atoms in total. The van der Waals surface area contributed by atoms with Crippen LogP contribution in [0.5, 0.6) is 0 Å². The van der Waals surface area contributed by atoms with E-state index in [9.17, 15) is 9.59 Å². The molecule has 1 N–H and O–H groups in total. The van der Waals surface area contributed by atoms with Crippen LogP contribution in [-0.2, 0) is 11.2 Å². The van der Waals surface area contributed by atoms with E-state index in [0.29, 0.717) is 16.3 Å². The van der Waals surface area contributed by atoms with Crippen LogP contribution < -0.4 is 0 Å². The second kappa shape index (κ2) is 4.71. The van der Waals surface area contributed by atoms with Crippen molar-refractivity contribution in [2.75, 3.05) is 0 Å². The SMILES string of the molecule is N#Cc1ccc(Br)c(CC(=O)O)c1C=O. The maximum absolute atomic E-state index is 10.8. The van der Waals surface area contributed by atoms with Crippen molar-refractivity contribution in [2.45, 2.75) is 6.42 Å². The van der Waals surface area contributed by atoms with Gasteiger partial charge in [0.1, 0.15) is 0 Å². The number of aldehydes is 1. The lowest BCUT2D eigenvalue weighted by Crippen LogP contribution is -2.06. The van der Waals surface area contributed by atoms with Gasteiger partial charge in [-0.3, -0.25) is 9.59 Å². The number of carbonyl (C=O) groups excluding carboxylic acids is 1. The molecule has 0 spiro atoms. The van der Waals surface area contributed by atoms with Crippen LogP contribution in [-0.4, -0.2) is 17.4 Å². The van der Waals surface area contributed by atoms with Crippen molar-refractivity contribution in [2.24, 2.45) is 0 Å². The van der Waals surface area contributed by atoms with Crippen LogP contribution in [0, 0.1) is 11.3 Å². The number of halogens is 1. The van der Waals surface area contributed by atoms with Gasteiger partial charge in [-0.2, -0.15) is 5.26 Å². The summed E-state index contributed by atoms with van der Waals surface area (Å²) in [6.07, 6.45) is 0.214. The Hall–Kier alpha value is -1.67. The summed E-state index contributed by atoms with van der Waals surface area (Å²) in [4.78, 5) is 21.3. The monoisotopic (exact) mass is 267 g/mol.